The van der Waals surface area contributed by atoms with Crippen LogP contribution in [0.3, 0.4) is 0 Å². The molecule has 0 radical (unpaired) electrons. The van der Waals surface area contributed by atoms with Crippen molar-refractivity contribution in [1.29, 1.82) is 0 Å². The summed E-state index contributed by atoms with van der Waals surface area (Å²) in [6.07, 6.45) is 5.59. The highest BCUT2D eigenvalue weighted by Crippen LogP contribution is 2.42. The Hall–Kier alpha value is -1.88. The first kappa shape index (κ1) is 18.9. The second-order valence-electron chi connectivity index (χ2n) is 8.13. The van der Waals surface area contributed by atoms with Gasteiger partial charge in [-0.3, -0.25) is 9.59 Å². The van der Waals surface area contributed by atoms with Gasteiger partial charge in [0.1, 0.15) is 6.54 Å². The molecule has 2 fully saturated rings. The summed E-state index contributed by atoms with van der Waals surface area (Å²) in [6, 6.07) is 9.14. The molecule has 1 aromatic carbocycles. The van der Waals surface area contributed by atoms with Crippen LogP contribution in [0.1, 0.15) is 49.7 Å². The summed E-state index contributed by atoms with van der Waals surface area (Å²) >= 11 is 0. The number of benzene rings is 1. The molecule has 1 saturated carbocycles. The van der Waals surface area contributed by atoms with Crippen LogP contribution in [0, 0.1) is 6.92 Å². The number of hydrogen-bond donors (Lipinski definition) is 1. The highest BCUT2D eigenvalue weighted by molar-refractivity contribution is 5.86. The molecule has 2 amide bonds. The van der Waals surface area contributed by atoms with Gasteiger partial charge >= 0.3 is 0 Å². The van der Waals surface area contributed by atoms with Crippen LogP contribution in [-0.2, 0) is 16.1 Å². The maximum atomic E-state index is 12.4. The monoisotopic (exact) mass is 357 g/mol. The third-order valence-corrected chi connectivity index (χ3v) is 6.10. The topological polar surface area (TPSA) is 52.7 Å². The van der Waals surface area contributed by atoms with Crippen molar-refractivity contribution in [2.24, 2.45) is 0 Å². The summed E-state index contributed by atoms with van der Waals surface area (Å²) in [5.41, 5.74) is 2.50. The molecule has 5 nitrogen and oxygen atoms in total. The van der Waals surface area contributed by atoms with Crippen molar-refractivity contribution >= 4 is 11.8 Å². The van der Waals surface area contributed by atoms with Gasteiger partial charge in [0.2, 0.25) is 11.8 Å². The van der Waals surface area contributed by atoms with E-state index in [0.717, 1.165) is 38.6 Å². The van der Waals surface area contributed by atoms with Gasteiger partial charge in [-0.2, -0.15) is 0 Å². The normalized spacial score (nSPS) is 25.7. The minimum atomic E-state index is -0.0925. The Morgan fingerprint density at radius 1 is 1.19 bits per heavy atom. The van der Waals surface area contributed by atoms with Crippen molar-refractivity contribution in [3.63, 3.8) is 0 Å². The molecule has 1 aliphatic heterocycles. The molecule has 0 bridgehead atoms. The molecule has 1 aliphatic carbocycles. The summed E-state index contributed by atoms with van der Waals surface area (Å²) < 4.78 is 0. The van der Waals surface area contributed by atoms with Crippen LogP contribution in [0.2, 0.25) is 0 Å². The van der Waals surface area contributed by atoms with E-state index in [9.17, 15) is 9.59 Å². The lowest BCUT2D eigenvalue weighted by Gasteiger charge is -2.44. The highest BCUT2D eigenvalue weighted by atomic mass is 16.2. The molecule has 26 heavy (non-hydrogen) atoms. The summed E-state index contributed by atoms with van der Waals surface area (Å²) in [6.45, 7) is 3.22. The van der Waals surface area contributed by atoms with Crippen LogP contribution >= 0.6 is 0 Å². The molecular formula is C21H31N3O2. The van der Waals surface area contributed by atoms with Gasteiger partial charge in [-0.25, -0.2) is 0 Å². The van der Waals surface area contributed by atoms with E-state index in [1.54, 1.807) is 19.0 Å². The maximum absolute atomic E-state index is 12.4. The van der Waals surface area contributed by atoms with E-state index in [0.29, 0.717) is 12.5 Å². The van der Waals surface area contributed by atoms with Crippen molar-refractivity contribution in [2.75, 3.05) is 20.6 Å². The van der Waals surface area contributed by atoms with Gasteiger partial charge in [-0.1, -0.05) is 29.8 Å². The molecule has 1 aromatic rings. The van der Waals surface area contributed by atoms with E-state index in [1.165, 1.54) is 11.1 Å². The number of rotatable bonds is 5. The van der Waals surface area contributed by atoms with Gasteiger partial charge in [0, 0.05) is 38.6 Å². The fourth-order valence-electron chi connectivity index (χ4n) is 4.25. The zero-order valence-corrected chi connectivity index (χ0v) is 16.3. The fraction of sp³-hybridized carbons (Fsp3) is 0.619. The molecule has 5 heteroatoms. The first-order valence-electron chi connectivity index (χ1n) is 9.69. The van der Waals surface area contributed by atoms with Gasteiger partial charge in [-0.05, 0) is 44.6 Å². The molecule has 0 atom stereocenters. The van der Waals surface area contributed by atoms with E-state index in [-0.39, 0.29) is 23.9 Å². The van der Waals surface area contributed by atoms with Crippen LogP contribution < -0.4 is 5.32 Å². The van der Waals surface area contributed by atoms with E-state index in [1.807, 2.05) is 4.90 Å². The van der Waals surface area contributed by atoms with Gasteiger partial charge < -0.3 is 15.1 Å². The van der Waals surface area contributed by atoms with Gasteiger partial charge in [0.05, 0.1) is 0 Å². The lowest BCUT2D eigenvalue weighted by atomic mass is 9.77. The zero-order chi connectivity index (χ0) is 18.7. The first-order valence-corrected chi connectivity index (χ1v) is 9.69. The molecule has 1 spiro atoms. The third-order valence-electron chi connectivity index (χ3n) is 6.10. The number of likely N-dealkylation sites (N-methyl/N-ethyl adjacent to an activating group) is 1. The molecule has 142 valence electrons. The second-order valence-corrected chi connectivity index (χ2v) is 8.13. The summed E-state index contributed by atoms with van der Waals surface area (Å²) in [7, 11) is 3.50. The largest absolute Gasteiger partial charge is 0.347 e. The standard InChI is InChI=1S/C21H31N3O2/c1-16-4-6-17(7-5-16)14-22-18-8-11-21(12-9-18)13-10-19(25)24(21)15-20(26)23(2)3/h4-7,18,22H,8-15H2,1-3H3. The molecule has 1 heterocycles. The molecule has 2 aliphatic rings. The maximum Gasteiger partial charge on any atom is 0.241 e. The van der Waals surface area contributed by atoms with Crippen molar-refractivity contribution in [1.82, 2.24) is 15.1 Å². The average Bonchev–Trinajstić information content (AvgIpc) is 2.92. The Labute approximate surface area is 156 Å². The molecule has 1 saturated heterocycles. The van der Waals surface area contributed by atoms with E-state index < -0.39 is 0 Å². The van der Waals surface area contributed by atoms with Crippen LogP contribution in [0.5, 0.6) is 0 Å². The third kappa shape index (κ3) is 4.09. The van der Waals surface area contributed by atoms with Crippen molar-refractivity contribution in [2.45, 2.75) is 63.6 Å². The Balaban J connectivity index is 1.55. The summed E-state index contributed by atoms with van der Waals surface area (Å²) in [5, 5.41) is 3.67. The quantitative estimate of drug-likeness (QED) is 0.881. The Kier molecular flexibility index (Phi) is 5.66. The molecule has 3 rings (SSSR count). The number of carbonyl (C=O) groups excluding carboxylic acids is 2. The molecular weight excluding hydrogens is 326 g/mol. The lowest BCUT2D eigenvalue weighted by molar-refractivity contribution is -0.141. The van der Waals surface area contributed by atoms with E-state index in [2.05, 4.69) is 36.5 Å². The number of aryl methyl sites for hydroxylation is 1. The SMILES string of the molecule is Cc1ccc(CNC2CCC3(CCC(=O)N3CC(=O)N(C)C)CC2)cc1. The number of nitrogens with zero attached hydrogens (tertiary/aromatic N) is 2. The lowest BCUT2D eigenvalue weighted by Crippen LogP contribution is -2.53. The van der Waals surface area contributed by atoms with Crippen molar-refractivity contribution in [3.8, 4) is 0 Å². The van der Waals surface area contributed by atoms with Gasteiger partial charge in [0.15, 0.2) is 0 Å². The van der Waals surface area contributed by atoms with Crippen LogP contribution in [0.4, 0.5) is 0 Å². The number of amides is 2. The molecule has 0 aromatic heterocycles. The van der Waals surface area contributed by atoms with Crippen LogP contribution in [-0.4, -0.2) is 53.8 Å². The van der Waals surface area contributed by atoms with Crippen LogP contribution in [0.15, 0.2) is 24.3 Å². The minimum Gasteiger partial charge on any atom is -0.347 e. The van der Waals surface area contributed by atoms with Gasteiger partial charge in [-0.15, -0.1) is 0 Å². The number of hydrogen-bond acceptors (Lipinski definition) is 3. The van der Waals surface area contributed by atoms with Crippen molar-refractivity contribution in [3.05, 3.63) is 35.4 Å². The Morgan fingerprint density at radius 2 is 1.85 bits per heavy atom. The molecule has 1 N–H and O–H groups in total. The van der Waals surface area contributed by atoms with Gasteiger partial charge in [0.25, 0.3) is 0 Å². The highest BCUT2D eigenvalue weighted by Gasteiger charge is 2.47. The second kappa shape index (κ2) is 7.78. The summed E-state index contributed by atoms with van der Waals surface area (Å²) in [5.74, 6) is 0.158. The Morgan fingerprint density at radius 3 is 2.46 bits per heavy atom. The smallest absolute Gasteiger partial charge is 0.241 e. The predicted molar refractivity (Wildman–Crippen MR) is 103 cm³/mol. The predicted octanol–water partition coefficient (Wildman–Crippen LogP) is 2.48. The number of likely N-dealkylation sites (tertiary alicyclic amines) is 1. The first-order chi connectivity index (χ1) is 12.4. The minimum absolute atomic E-state index is 0.0132. The Bertz CT molecular complexity index is 646. The molecule has 0 unspecified atom stereocenters. The fourth-order valence-corrected chi connectivity index (χ4v) is 4.25. The van der Waals surface area contributed by atoms with E-state index >= 15 is 0 Å². The van der Waals surface area contributed by atoms with Crippen molar-refractivity contribution < 1.29 is 9.59 Å². The zero-order valence-electron chi connectivity index (χ0n) is 16.3. The summed E-state index contributed by atoms with van der Waals surface area (Å²) in [4.78, 5) is 28.0. The van der Waals surface area contributed by atoms with E-state index in [4.69, 9.17) is 0 Å². The number of carbonyl (C=O) groups is 2. The number of nitrogens with one attached hydrogen (secondary N) is 1. The van der Waals surface area contributed by atoms with Crippen LogP contribution in [0.25, 0.3) is 0 Å². The average molecular weight is 357 g/mol.